The first-order valence-electron chi connectivity index (χ1n) is 8.54. The van der Waals surface area contributed by atoms with Gasteiger partial charge in [-0.1, -0.05) is 6.07 Å². The molecule has 1 heterocycles. The predicted molar refractivity (Wildman–Crippen MR) is 98.6 cm³/mol. The van der Waals surface area contributed by atoms with Gasteiger partial charge in [-0.3, -0.25) is 9.59 Å². The molecule has 1 amide bonds. The molecule has 27 heavy (non-hydrogen) atoms. The topological polar surface area (TPSA) is 108 Å². The molecule has 8 nitrogen and oxygen atoms in total. The van der Waals surface area contributed by atoms with Gasteiger partial charge in [-0.15, -0.1) is 0 Å². The molecule has 1 saturated heterocycles. The second-order valence-corrected chi connectivity index (χ2v) is 8.98. The molecule has 1 aliphatic heterocycles. The highest BCUT2D eigenvalue weighted by atomic mass is 32.2. The van der Waals surface area contributed by atoms with Crippen molar-refractivity contribution in [1.82, 2.24) is 5.32 Å². The van der Waals surface area contributed by atoms with Gasteiger partial charge < -0.3 is 19.5 Å². The molecule has 0 saturated carbocycles. The molecular weight excluding hydrogens is 374 g/mol. The fourth-order valence-corrected chi connectivity index (χ4v) is 5.08. The van der Waals surface area contributed by atoms with Crippen LogP contribution in [0.4, 0.5) is 0 Å². The summed E-state index contributed by atoms with van der Waals surface area (Å²) in [6.07, 6.45) is 0.888. The zero-order chi connectivity index (χ0) is 20.1. The average Bonchev–Trinajstić information content (AvgIpc) is 2.90. The van der Waals surface area contributed by atoms with Crippen LogP contribution in [0, 0.1) is 0 Å². The van der Waals surface area contributed by atoms with Gasteiger partial charge >= 0.3 is 5.97 Å². The van der Waals surface area contributed by atoms with E-state index in [4.69, 9.17) is 14.2 Å². The minimum atomic E-state index is -3.12. The molecule has 0 aromatic heterocycles. The third-order valence-electron chi connectivity index (χ3n) is 4.37. The quantitative estimate of drug-likeness (QED) is 0.646. The minimum absolute atomic E-state index is 0.0505. The summed E-state index contributed by atoms with van der Waals surface area (Å²) in [5.41, 5.74) is 0.0693. The van der Waals surface area contributed by atoms with Crippen LogP contribution in [-0.4, -0.2) is 58.2 Å². The highest BCUT2D eigenvalue weighted by molar-refractivity contribution is 7.91. The highest BCUT2D eigenvalue weighted by Crippen LogP contribution is 2.28. The number of aryl methyl sites for hydroxylation is 1. The fourth-order valence-electron chi connectivity index (χ4n) is 2.98. The van der Waals surface area contributed by atoms with Crippen molar-refractivity contribution in [1.29, 1.82) is 0 Å². The predicted octanol–water partition coefficient (Wildman–Crippen LogP) is 0.873. The average molecular weight is 399 g/mol. The summed E-state index contributed by atoms with van der Waals surface area (Å²) in [4.78, 5) is 23.8. The van der Waals surface area contributed by atoms with Crippen LogP contribution in [0.1, 0.15) is 25.3 Å². The van der Waals surface area contributed by atoms with Gasteiger partial charge in [0.15, 0.2) is 27.9 Å². The van der Waals surface area contributed by atoms with Crippen molar-refractivity contribution in [3.63, 3.8) is 0 Å². The molecule has 1 aromatic carbocycles. The Morgan fingerprint density at radius 1 is 1.19 bits per heavy atom. The van der Waals surface area contributed by atoms with E-state index in [0.717, 1.165) is 5.56 Å². The van der Waals surface area contributed by atoms with E-state index in [9.17, 15) is 18.0 Å². The van der Waals surface area contributed by atoms with Crippen LogP contribution in [0.2, 0.25) is 0 Å². The van der Waals surface area contributed by atoms with E-state index >= 15 is 0 Å². The second kappa shape index (κ2) is 8.60. The highest BCUT2D eigenvalue weighted by Gasteiger charge is 2.39. The largest absolute Gasteiger partial charge is 0.493 e. The molecule has 0 unspecified atom stereocenters. The van der Waals surface area contributed by atoms with Gasteiger partial charge in [0, 0.05) is 6.42 Å². The zero-order valence-corrected chi connectivity index (χ0v) is 16.6. The molecule has 0 radical (unpaired) electrons. The number of hydrogen-bond donors (Lipinski definition) is 1. The first-order valence-corrected chi connectivity index (χ1v) is 10.4. The lowest BCUT2D eigenvalue weighted by molar-refractivity contribution is -0.148. The van der Waals surface area contributed by atoms with Crippen molar-refractivity contribution in [2.24, 2.45) is 0 Å². The Balaban J connectivity index is 1.77. The van der Waals surface area contributed by atoms with Crippen molar-refractivity contribution in [2.45, 2.75) is 31.7 Å². The number of ether oxygens (including phenoxy) is 3. The Kier molecular flexibility index (Phi) is 6.69. The molecule has 1 aliphatic rings. The van der Waals surface area contributed by atoms with Gasteiger partial charge in [0.2, 0.25) is 0 Å². The van der Waals surface area contributed by atoms with E-state index in [1.54, 1.807) is 26.2 Å². The van der Waals surface area contributed by atoms with Crippen LogP contribution in [0.5, 0.6) is 11.5 Å². The summed E-state index contributed by atoms with van der Waals surface area (Å²) in [7, 11) is -0.0472. The van der Waals surface area contributed by atoms with Gasteiger partial charge in [0.1, 0.15) is 0 Å². The summed E-state index contributed by atoms with van der Waals surface area (Å²) in [6.45, 7) is 1.24. The maximum Gasteiger partial charge on any atom is 0.306 e. The van der Waals surface area contributed by atoms with Gasteiger partial charge in [-0.2, -0.15) is 0 Å². The summed E-state index contributed by atoms with van der Waals surface area (Å²) in [6, 6.07) is 5.35. The van der Waals surface area contributed by atoms with Crippen molar-refractivity contribution in [2.75, 3.05) is 32.3 Å². The number of rotatable bonds is 8. The number of carbonyl (C=O) groups is 2. The SMILES string of the molecule is COc1ccc(CCC(=O)OCC(=O)N[C@@]2(C)CCS(=O)(=O)C2)cc1OC. The summed E-state index contributed by atoms with van der Waals surface area (Å²) >= 11 is 0. The maximum atomic E-state index is 11.9. The van der Waals surface area contributed by atoms with Gasteiger partial charge in [0.25, 0.3) is 5.91 Å². The Hall–Kier alpha value is -2.29. The normalized spacial score (nSPS) is 20.7. The van der Waals surface area contributed by atoms with Gasteiger partial charge in [0.05, 0.1) is 31.3 Å². The van der Waals surface area contributed by atoms with Crippen LogP contribution in [-0.2, 0) is 30.6 Å². The number of nitrogens with one attached hydrogen (secondary N) is 1. The first kappa shape index (κ1) is 21.0. The summed E-state index contributed by atoms with van der Waals surface area (Å²) in [5.74, 6) is 0.108. The van der Waals surface area contributed by atoms with Crippen LogP contribution < -0.4 is 14.8 Å². The molecule has 0 bridgehead atoms. The molecule has 0 spiro atoms. The standard InChI is InChI=1S/C18H25NO7S/c1-18(8-9-27(22,23)12-18)19-16(20)11-26-17(21)7-5-13-4-6-14(24-2)15(10-13)25-3/h4,6,10H,5,7-9,11-12H2,1-3H3,(H,19,20)/t18-/m0/s1. The Bertz CT molecular complexity index is 806. The lowest BCUT2D eigenvalue weighted by atomic mass is 10.0. The van der Waals surface area contributed by atoms with Crippen LogP contribution in [0.15, 0.2) is 18.2 Å². The van der Waals surface area contributed by atoms with E-state index < -0.39 is 33.9 Å². The number of hydrogen-bond acceptors (Lipinski definition) is 7. The number of esters is 1. The van der Waals surface area contributed by atoms with Crippen molar-refractivity contribution >= 4 is 21.7 Å². The molecule has 0 aliphatic carbocycles. The number of methoxy groups -OCH3 is 2. The van der Waals surface area contributed by atoms with E-state index in [0.29, 0.717) is 24.3 Å². The number of sulfone groups is 1. The van der Waals surface area contributed by atoms with Crippen LogP contribution in [0.3, 0.4) is 0 Å². The Morgan fingerprint density at radius 3 is 2.48 bits per heavy atom. The minimum Gasteiger partial charge on any atom is -0.493 e. The molecule has 1 atom stereocenters. The van der Waals surface area contributed by atoms with Gasteiger partial charge in [-0.05, 0) is 37.5 Å². The Labute approximate surface area is 159 Å². The lowest BCUT2D eigenvalue weighted by Crippen LogP contribution is -2.48. The molecule has 1 N–H and O–H groups in total. The lowest BCUT2D eigenvalue weighted by Gasteiger charge is -2.23. The Morgan fingerprint density at radius 2 is 1.89 bits per heavy atom. The van der Waals surface area contributed by atoms with Crippen molar-refractivity contribution < 1.29 is 32.2 Å². The van der Waals surface area contributed by atoms with E-state index in [1.165, 1.54) is 7.11 Å². The fraction of sp³-hybridized carbons (Fsp3) is 0.556. The second-order valence-electron chi connectivity index (χ2n) is 6.80. The van der Waals surface area contributed by atoms with E-state index in [2.05, 4.69) is 5.32 Å². The molecule has 150 valence electrons. The number of benzene rings is 1. The molecule has 1 fully saturated rings. The number of carbonyl (C=O) groups excluding carboxylic acids is 2. The maximum absolute atomic E-state index is 11.9. The zero-order valence-electron chi connectivity index (χ0n) is 15.7. The summed E-state index contributed by atoms with van der Waals surface area (Å²) < 4.78 is 38.4. The van der Waals surface area contributed by atoms with Crippen LogP contribution in [0.25, 0.3) is 0 Å². The third-order valence-corrected chi connectivity index (χ3v) is 6.28. The van der Waals surface area contributed by atoms with Crippen LogP contribution >= 0.6 is 0 Å². The molecular formula is C18H25NO7S. The number of amides is 1. The molecule has 1 aromatic rings. The van der Waals surface area contributed by atoms with Gasteiger partial charge in [-0.25, -0.2) is 8.42 Å². The smallest absolute Gasteiger partial charge is 0.306 e. The van der Waals surface area contributed by atoms with Crippen molar-refractivity contribution in [3.8, 4) is 11.5 Å². The molecule has 2 rings (SSSR count). The van der Waals surface area contributed by atoms with E-state index in [1.807, 2.05) is 6.07 Å². The van der Waals surface area contributed by atoms with E-state index in [-0.39, 0.29) is 17.9 Å². The monoisotopic (exact) mass is 399 g/mol. The third kappa shape index (κ3) is 6.13. The first-order chi connectivity index (χ1) is 12.7. The summed E-state index contributed by atoms with van der Waals surface area (Å²) in [5, 5.41) is 2.64. The molecule has 9 heteroatoms. The van der Waals surface area contributed by atoms with Crippen molar-refractivity contribution in [3.05, 3.63) is 23.8 Å².